The summed E-state index contributed by atoms with van der Waals surface area (Å²) in [5.74, 6) is 0.0960. The monoisotopic (exact) mass is 243 g/mol. The molecule has 0 atom stereocenters. The molecule has 2 nitrogen and oxygen atoms in total. The fraction of sp³-hybridized carbons (Fsp3) is 0.438. The molecule has 0 saturated carbocycles. The van der Waals surface area contributed by atoms with Crippen LogP contribution in [0.25, 0.3) is 0 Å². The number of carbonyl (C=O) groups excluding carboxylic acids is 1. The van der Waals surface area contributed by atoms with E-state index in [1.807, 2.05) is 31.2 Å². The van der Waals surface area contributed by atoms with Crippen LogP contribution in [0, 0.1) is 6.92 Å². The van der Waals surface area contributed by atoms with Crippen LogP contribution in [0.5, 0.6) is 0 Å². The van der Waals surface area contributed by atoms with E-state index >= 15 is 0 Å². The Morgan fingerprint density at radius 1 is 1.22 bits per heavy atom. The highest BCUT2D eigenvalue weighted by Gasteiger charge is 2.16. The molecule has 96 valence electrons. The number of Topliss-reactive ketones (excluding diaryl/α,β-unsaturated/α-hetero) is 1. The van der Waals surface area contributed by atoms with Crippen LogP contribution in [0.2, 0.25) is 0 Å². The van der Waals surface area contributed by atoms with Crippen molar-refractivity contribution in [3.8, 4) is 0 Å². The van der Waals surface area contributed by atoms with Crippen LogP contribution in [-0.2, 0) is 0 Å². The van der Waals surface area contributed by atoms with Crippen molar-refractivity contribution in [2.45, 2.75) is 26.2 Å². The average molecular weight is 243 g/mol. The van der Waals surface area contributed by atoms with Gasteiger partial charge in [-0.3, -0.25) is 9.69 Å². The van der Waals surface area contributed by atoms with Gasteiger partial charge in [-0.05, 0) is 38.4 Å². The summed E-state index contributed by atoms with van der Waals surface area (Å²) in [7, 11) is 0. The second-order valence-corrected chi connectivity index (χ2v) is 5.08. The third-order valence-corrected chi connectivity index (χ3v) is 3.57. The first kappa shape index (κ1) is 13.0. The molecule has 0 amide bonds. The largest absolute Gasteiger partial charge is 0.299 e. The molecule has 0 radical (unpaired) electrons. The minimum Gasteiger partial charge on any atom is -0.299 e. The Hall–Kier alpha value is -1.41. The van der Waals surface area contributed by atoms with E-state index in [1.165, 1.54) is 19.3 Å². The predicted octanol–water partition coefficient (Wildman–Crippen LogP) is 3.22. The van der Waals surface area contributed by atoms with Crippen LogP contribution in [0.4, 0.5) is 0 Å². The molecule has 0 aromatic heterocycles. The quantitative estimate of drug-likeness (QED) is 0.598. The van der Waals surface area contributed by atoms with Gasteiger partial charge in [0.05, 0.1) is 0 Å². The molecule has 1 fully saturated rings. The highest BCUT2D eigenvalue weighted by Crippen LogP contribution is 2.15. The summed E-state index contributed by atoms with van der Waals surface area (Å²) in [6.07, 6.45) is 3.80. The summed E-state index contributed by atoms with van der Waals surface area (Å²) < 4.78 is 0. The van der Waals surface area contributed by atoms with Crippen LogP contribution in [-0.4, -0.2) is 30.3 Å². The molecule has 0 N–H and O–H groups in total. The average Bonchev–Trinajstić information content (AvgIpc) is 2.39. The van der Waals surface area contributed by atoms with Crippen molar-refractivity contribution in [1.29, 1.82) is 0 Å². The molecule has 1 aliphatic heterocycles. The molecule has 0 aliphatic carbocycles. The van der Waals surface area contributed by atoms with Gasteiger partial charge in [0, 0.05) is 17.7 Å². The van der Waals surface area contributed by atoms with Crippen molar-refractivity contribution >= 4 is 5.78 Å². The number of hydrogen-bond acceptors (Lipinski definition) is 2. The van der Waals surface area contributed by atoms with E-state index in [1.54, 1.807) is 0 Å². The molecular formula is C16H21NO. The Morgan fingerprint density at radius 2 is 1.89 bits per heavy atom. The second-order valence-electron chi connectivity index (χ2n) is 5.08. The number of aryl methyl sites for hydroxylation is 1. The molecule has 1 saturated heterocycles. The highest BCUT2D eigenvalue weighted by molar-refractivity contribution is 6.09. The van der Waals surface area contributed by atoms with Crippen molar-refractivity contribution < 1.29 is 4.79 Å². The summed E-state index contributed by atoms with van der Waals surface area (Å²) >= 11 is 0. The summed E-state index contributed by atoms with van der Waals surface area (Å²) in [6.45, 7) is 8.86. The number of rotatable bonds is 4. The summed E-state index contributed by atoms with van der Waals surface area (Å²) in [5.41, 5.74) is 2.54. The maximum absolute atomic E-state index is 12.3. The Labute approximate surface area is 109 Å². The molecule has 0 unspecified atom stereocenters. The Balaban J connectivity index is 2.00. The van der Waals surface area contributed by atoms with Gasteiger partial charge in [0.25, 0.3) is 0 Å². The smallest absolute Gasteiger partial charge is 0.189 e. The van der Waals surface area contributed by atoms with Crippen LogP contribution in [0.1, 0.15) is 35.2 Å². The topological polar surface area (TPSA) is 20.3 Å². The Bertz CT molecular complexity index is 444. The van der Waals surface area contributed by atoms with Gasteiger partial charge in [-0.25, -0.2) is 0 Å². The van der Waals surface area contributed by atoms with Gasteiger partial charge in [-0.1, -0.05) is 37.3 Å². The maximum atomic E-state index is 12.3. The molecule has 2 rings (SSSR count). The maximum Gasteiger partial charge on any atom is 0.189 e. The molecule has 1 aliphatic rings. The standard InChI is InChI=1S/C16H21NO/c1-13-8-4-5-9-15(13)16(18)14(2)12-17-10-6-3-7-11-17/h4-5,8-9H,2-3,6-7,10-12H2,1H3. The summed E-state index contributed by atoms with van der Waals surface area (Å²) in [4.78, 5) is 14.6. The van der Waals surface area contributed by atoms with E-state index in [9.17, 15) is 4.79 Å². The Morgan fingerprint density at radius 3 is 2.56 bits per heavy atom. The number of likely N-dealkylation sites (tertiary alicyclic amines) is 1. The van der Waals surface area contributed by atoms with Crippen molar-refractivity contribution in [3.05, 3.63) is 47.5 Å². The molecule has 1 heterocycles. The van der Waals surface area contributed by atoms with E-state index in [-0.39, 0.29) is 5.78 Å². The number of carbonyl (C=O) groups is 1. The van der Waals surface area contributed by atoms with Crippen molar-refractivity contribution in [3.63, 3.8) is 0 Å². The molecular weight excluding hydrogens is 222 g/mol. The van der Waals surface area contributed by atoms with Crippen LogP contribution in [0.15, 0.2) is 36.4 Å². The van der Waals surface area contributed by atoms with Gasteiger partial charge in [-0.2, -0.15) is 0 Å². The van der Waals surface area contributed by atoms with E-state index in [4.69, 9.17) is 0 Å². The van der Waals surface area contributed by atoms with Crippen LogP contribution in [0.3, 0.4) is 0 Å². The van der Waals surface area contributed by atoms with Crippen LogP contribution >= 0.6 is 0 Å². The number of benzene rings is 1. The lowest BCUT2D eigenvalue weighted by molar-refractivity contribution is 0.102. The minimum absolute atomic E-state index is 0.0960. The van der Waals surface area contributed by atoms with Crippen LogP contribution < -0.4 is 0 Å². The number of hydrogen-bond donors (Lipinski definition) is 0. The van der Waals surface area contributed by atoms with Gasteiger partial charge < -0.3 is 0 Å². The molecule has 18 heavy (non-hydrogen) atoms. The first-order valence-corrected chi connectivity index (χ1v) is 6.69. The van der Waals surface area contributed by atoms with E-state index < -0.39 is 0 Å². The SMILES string of the molecule is C=C(CN1CCCCC1)C(=O)c1ccccc1C. The summed E-state index contributed by atoms with van der Waals surface area (Å²) in [6, 6.07) is 7.73. The van der Waals surface area contributed by atoms with Crippen molar-refractivity contribution in [2.24, 2.45) is 0 Å². The normalized spacial score (nSPS) is 16.5. The fourth-order valence-corrected chi connectivity index (χ4v) is 2.48. The fourth-order valence-electron chi connectivity index (χ4n) is 2.48. The van der Waals surface area contributed by atoms with Crippen molar-refractivity contribution in [2.75, 3.05) is 19.6 Å². The predicted molar refractivity (Wildman–Crippen MR) is 74.9 cm³/mol. The number of piperidine rings is 1. The molecule has 1 aromatic carbocycles. The molecule has 0 bridgehead atoms. The number of ketones is 1. The van der Waals surface area contributed by atoms with E-state index in [0.29, 0.717) is 12.1 Å². The van der Waals surface area contributed by atoms with E-state index in [0.717, 1.165) is 24.2 Å². The molecule has 0 spiro atoms. The zero-order chi connectivity index (χ0) is 13.0. The van der Waals surface area contributed by atoms with Gasteiger partial charge in [0.1, 0.15) is 0 Å². The van der Waals surface area contributed by atoms with E-state index in [2.05, 4.69) is 11.5 Å². The zero-order valence-electron chi connectivity index (χ0n) is 11.1. The van der Waals surface area contributed by atoms with Gasteiger partial charge in [-0.15, -0.1) is 0 Å². The lowest BCUT2D eigenvalue weighted by atomic mass is 9.99. The first-order valence-electron chi connectivity index (χ1n) is 6.69. The first-order chi connectivity index (χ1) is 8.68. The highest BCUT2D eigenvalue weighted by atomic mass is 16.1. The second kappa shape index (κ2) is 5.96. The molecule has 2 heteroatoms. The zero-order valence-corrected chi connectivity index (χ0v) is 11.1. The van der Waals surface area contributed by atoms with Crippen molar-refractivity contribution in [1.82, 2.24) is 4.90 Å². The molecule has 1 aromatic rings. The lowest BCUT2D eigenvalue weighted by Crippen LogP contribution is -2.32. The third-order valence-electron chi connectivity index (χ3n) is 3.57. The third kappa shape index (κ3) is 3.08. The summed E-state index contributed by atoms with van der Waals surface area (Å²) in [5, 5.41) is 0. The Kier molecular flexibility index (Phi) is 4.32. The minimum atomic E-state index is 0.0960. The van der Waals surface area contributed by atoms with Gasteiger partial charge in [0.15, 0.2) is 5.78 Å². The van der Waals surface area contributed by atoms with Gasteiger partial charge >= 0.3 is 0 Å². The van der Waals surface area contributed by atoms with Gasteiger partial charge in [0.2, 0.25) is 0 Å². The lowest BCUT2D eigenvalue weighted by Gasteiger charge is -2.26. The number of nitrogens with zero attached hydrogens (tertiary/aromatic N) is 1.